The number of hydrogen-bond acceptors (Lipinski definition) is 2. The van der Waals surface area contributed by atoms with Gasteiger partial charge in [-0.2, -0.15) is 0 Å². The predicted octanol–water partition coefficient (Wildman–Crippen LogP) is 2.95. The van der Waals surface area contributed by atoms with Crippen molar-refractivity contribution in [3.8, 4) is 0 Å². The van der Waals surface area contributed by atoms with E-state index in [1.165, 1.54) is 0 Å². The van der Waals surface area contributed by atoms with Crippen LogP contribution in [0.1, 0.15) is 52.9 Å². The van der Waals surface area contributed by atoms with E-state index in [4.69, 9.17) is 4.74 Å². The van der Waals surface area contributed by atoms with Gasteiger partial charge in [-0.3, -0.25) is 4.79 Å². The number of rotatable bonds is 7. The van der Waals surface area contributed by atoms with Crippen molar-refractivity contribution < 1.29 is 9.53 Å². The Labute approximate surface area is 81.7 Å². The van der Waals surface area contributed by atoms with Crippen LogP contribution in [0.4, 0.5) is 0 Å². The summed E-state index contributed by atoms with van der Waals surface area (Å²) in [5, 5.41) is 0. The van der Waals surface area contributed by atoms with Gasteiger partial charge in [-0.15, -0.1) is 0 Å². The number of carbonyl (C=O) groups excluding carboxylic acids is 1. The van der Waals surface area contributed by atoms with Crippen LogP contribution >= 0.6 is 0 Å². The molecule has 0 aliphatic carbocycles. The smallest absolute Gasteiger partial charge is 0.164 e. The third-order valence-corrected chi connectivity index (χ3v) is 2.73. The molecular weight excluding hydrogens is 164 g/mol. The molecule has 2 heteroatoms. The lowest BCUT2D eigenvalue weighted by molar-refractivity contribution is -0.142. The molecule has 0 saturated carbocycles. The van der Waals surface area contributed by atoms with Crippen LogP contribution in [0.2, 0.25) is 0 Å². The standard InChI is InChI=1S/C11H22O2/c1-5-8-9-11(7-3,13-4)10(12)6-2/h5-9H2,1-4H3. The third-order valence-electron chi connectivity index (χ3n) is 2.73. The molecule has 0 bridgehead atoms. The van der Waals surface area contributed by atoms with Crippen molar-refractivity contribution in [3.63, 3.8) is 0 Å². The van der Waals surface area contributed by atoms with Gasteiger partial charge in [0.25, 0.3) is 0 Å². The van der Waals surface area contributed by atoms with E-state index in [0.29, 0.717) is 6.42 Å². The van der Waals surface area contributed by atoms with Crippen molar-refractivity contribution in [2.45, 2.75) is 58.5 Å². The van der Waals surface area contributed by atoms with Gasteiger partial charge in [-0.1, -0.05) is 33.6 Å². The minimum Gasteiger partial charge on any atom is -0.370 e. The molecule has 1 atom stereocenters. The minimum absolute atomic E-state index is 0.242. The molecule has 0 fully saturated rings. The summed E-state index contributed by atoms with van der Waals surface area (Å²) in [5.74, 6) is 0.242. The summed E-state index contributed by atoms with van der Waals surface area (Å²) in [4.78, 5) is 11.7. The van der Waals surface area contributed by atoms with Gasteiger partial charge in [0, 0.05) is 13.5 Å². The van der Waals surface area contributed by atoms with E-state index < -0.39 is 5.60 Å². The molecule has 13 heavy (non-hydrogen) atoms. The van der Waals surface area contributed by atoms with E-state index in [9.17, 15) is 4.79 Å². The third kappa shape index (κ3) is 3.11. The molecule has 1 unspecified atom stereocenters. The highest BCUT2D eigenvalue weighted by Gasteiger charge is 2.33. The van der Waals surface area contributed by atoms with Crippen LogP contribution in [0.15, 0.2) is 0 Å². The van der Waals surface area contributed by atoms with Crippen molar-refractivity contribution >= 4 is 5.78 Å². The molecule has 0 spiro atoms. The van der Waals surface area contributed by atoms with Crippen LogP contribution in [0, 0.1) is 0 Å². The van der Waals surface area contributed by atoms with E-state index >= 15 is 0 Å². The molecule has 0 radical (unpaired) electrons. The number of methoxy groups -OCH3 is 1. The van der Waals surface area contributed by atoms with E-state index in [1.807, 2.05) is 13.8 Å². The summed E-state index contributed by atoms with van der Waals surface area (Å²) in [7, 11) is 1.65. The Morgan fingerprint density at radius 1 is 1.31 bits per heavy atom. The minimum atomic E-state index is -0.495. The zero-order chi connectivity index (χ0) is 10.3. The highest BCUT2D eigenvalue weighted by Crippen LogP contribution is 2.24. The first-order valence-corrected chi connectivity index (χ1v) is 5.25. The second kappa shape index (κ2) is 6.14. The van der Waals surface area contributed by atoms with E-state index in [1.54, 1.807) is 7.11 Å². The number of hydrogen-bond donors (Lipinski definition) is 0. The lowest BCUT2D eigenvalue weighted by Gasteiger charge is -2.29. The second-order valence-electron chi connectivity index (χ2n) is 3.43. The first-order valence-electron chi connectivity index (χ1n) is 5.25. The molecule has 0 amide bonds. The Hall–Kier alpha value is -0.370. The van der Waals surface area contributed by atoms with Gasteiger partial charge in [0.2, 0.25) is 0 Å². The predicted molar refractivity (Wildman–Crippen MR) is 54.9 cm³/mol. The Morgan fingerprint density at radius 3 is 2.23 bits per heavy atom. The Bertz CT molecular complexity index is 148. The zero-order valence-corrected chi connectivity index (χ0v) is 9.35. The first-order chi connectivity index (χ1) is 6.16. The molecule has 0 N–H and O–H groups in total. The number of ketones is 1. The van der Waals surface area contributed by atoms with Crippen molar-refractivity contribution in [2.24, 2.45) is 0 Å². The number of unbranched alkanes of at least 4 members (excludes halogenated alkanes) is 1. The summed E-state index contributed by atoms with van der Waals surface area (Å²) >= 11 is 0. The molecule has 0 heterocycles. The Morgan fingerprint density at radius 2 is 1.92 bits per heavy atom. The normalized spacial score (nSPS) is 15.4. The fourth-order valence-corrected chi connectivity index (χ4v) is 1.66. The zero-order valence-electron chi connectivity index (χ0n) is 9.35. The fourth-order valence-electron chi connectivity index (χ4n) is 1.66. The van der Waals surface area contributed by atoms with Crippen LogP contribution < -0.4 is 0 Å². The maximum atomic E-state index is 11.7. The average molecular weight is 186 g/mol. The number of carbonyl (C=O) groups is 1. The largest absolute Gasteiger partial charge is 0.370 e. The maximum Gasteiger partial charge on any atom is 0.164 e. The van der Waals surface area contributed by atoms with Crippen molar-refractivity contribution in [2.75, 3.05) is 7.11 Å². The van der Waals surface area contributed by atoms with E-state index in [0.717, 1.165) is 25.7 Å². The molecule has 0 rings (SSSR count). The second-order valence-corrected chi connectivity index (χ2v) is 3.43. The summed E-state index contributed by atoms with van der Waals surface area (Å²) in [6, 6.07) is 0. The Kier molecular flexibility index (Phi) is 5.97. The molecule has 0 aliphatic rings. The van der Waals surface area contributed by atoms with Crippen molar-refractivity contribution in [1.82, 2.24) is 0 Å². The lowest BCUT2D eigenvalue weighted by atomic mass is 9.88. The highest BCUT2D eigenvalue weighted by molar-refractivity contribution is 5.87. The van der Waals surface area contributed by atoms with Gasteiger partial charge >= 0.3 is 0 Å². The van der Waals surface area contributed by atoms with Gasteiger partial charge in [-0.05, 0) is 12.8 Å². The van der Waals surface area contributed by atoms with Crippen molar-refractivity contribution in [3.05, 3.63) is 0 Å². The van der Waals surface area contributed by atoms with Gasteiger partial charge in [-0.25, -0.2) is 0 Å². The Balaban J connectivity index is 4.39. The van der Waals surface area contributed by atoms with Crippen LogP contribution in [0.5, 0.6) is 0 Å². The highest BCUT2D eigenvalue weighted by atomic mass is 16.5. The van der Waals surface area contributed by atoms with Crippen LogP contribution in [-0.2, 0) is 9.53 Å². The summed E-state index contributed by atoms with van der Waals surface area (Å²) in [6.45, 7) is 6.05. The SMILES string of the molecule is CCCCC(CC)(OC)C(=O)CC. The van der Waals surface area contributed by atoms with Gasteiger partial charge < -0.3 is 4.74 Å². The first kappa shape index (κ1) is 12.6. The molecule has 78 valence electrons. The average Bonchev–Trinajstić information content (AvgIpc) is 2.19. The van der Waals surface area contributed by atoms with Gasteiger partial charge in [0.05, 0.1) is 0 Å². The molecular formula is C11H22O2. The van der Waals surface area contributed by atoms with Gasteiger partial charge in [0.1, 0.15) is 5.60 Å². The van der Waals surface area contributed by atoms with E-state index in [2.05, 4.69) is 6.92 Å². The molecule has 0 aromatic rings. The van der Waals surface area contributed by atoms with E-state index in [-0.39, 0.29) is 5.78 Å². The molecule has 2 nitrogen and oxygen atoms in total. The monoisotopic (exact) mass is 186 g/mol. The molecule has 0 saturated heterocycles. The quantitative estimate of drug-likeness (QED) is 0.611. The van der Waals surface area contributed by atoms with Crippen LogP contribution in [0.25, 0.3) is 0 Å². The topological polar surface area (TPSA) is 26.3 Å². The summed E-state index contributed by atoms with van der Waals surface area (Å²) in [6.07, 6.45) is 4.40. The molecule has 0 aliphatic heterocycles. The molecule has 0 aromatic heterocycles. The number of ether oxygens (including phenoxy) is 1. The number of Topliss-reactive ketones (excluding diaryl/α,β-unsaturated/α-hetero) is 1. The molecule has 0 aromatic carbocycles. The lowest BCUT2D eigenvalue weighted by Crippen LogP contribution is -2.39. The van der Waals surface area contributed by atoms with Crippen LogP contribution in [-0.4, -0.2) is 18.5 Å². The summed E-state index contributed by atoms with van der Waals surface area (Å²) in [5.41, 5.74) is -0.495. The van der Waals surface area contributed by atoms with Crippen LogP contribution in [0.3, 0.4) is 0 Å². The summed E-state index contributed by atoms with van der Waals surface area (Å²) < 4.78 is 5.39. The van der Waals surface area contributed by atoms with Gasteiger partial charge in [0.15, 0.2) is 5.78 Å². The fraction of sp³-hybridized carbons (Fsp3) is 0.909. The maximum absolute atomic E-state index is 11.7. The van der Waals surface area contributed by atoms with Crippen molar-refractivity contribution in [1.29, 1.82) is 0 Å².